The molecule has 0 spiro atoms. The van der Waals surface area contributed by atoms with E-state index in [1.165, 1.54) is 11.8 Å². The summed E-state index contributed by atoms with van der Waals surface area (Å²) in [4.78, 5) is 17.3. The van der Waals surface area contributed by atoms with E-state index in [-0.39, 0.29) is 11.7 Å². The molecule has 1 fully saturated rings. The third-order valence-electron chi connectivity index (χ3n) is 6.03. The van der Waals surface area contributed by atoms with Gasteiger partial charge in [-0.25, -0.2) is 13.4 Å². The second-order valence-corrected chi connectivity index (χ2v) is 11.7. The molecule has 4 rings (SSSR count). The number of benzene rings is 2. The number of anilines is 1. The number of thioether (sulfide) groups is 1. The standard InChI is InChI=1S/C25H29N3O3S2/c1-17-4-6-20(7-5-17)26-24(29)16-32-25-14-19(3)22-15-21(8-9-23(22)27-25)33(30,31)28-12-10-18(2)11-13-28/h4-9,14-15,18H,10-13,16H2,1-3H3,(H,26,29). The van der Waals surface area contributed by atoms with Gasteiger partial charge in [-0.1, -0.05) is 36.4 Å². The number of aryl methyl sites for hydroxylation is 2. The van der Waals surface area contributed by atoms with Crippen LogP contribution in [0.2, 0.25) is 0 Å². The summed E-state index contributed by atoms with van der Waals surface area (Å²) in [7, 11) is -3.51. The van der Waals surface area contributed by atoms with Crippen LogP contribution in [0.15, 0.2) is 58.5 Å². The first-order valence-electron chi connectivity index (χ1n) is 11.1. The molecule has 0 unspecified atom stereocenters. The zero-order valence-electron chi connectivity index (χ0n) is 19.2. The number of pyridine rings is 1. The van der Waals surface area contributed by atoms with Gasteiger partial charge in [-0.05, 0) is 74.6 Å². The molecule has 0 radical (unpaired) electrons. The molecule has 0 bridgehead atoms. The summed E-state index contributed by atoms with van der Waals surface area (Å²) in [5.74, 6) is 0.709. The van der Waals surface area contributed by atoms with Crippen LogP contribution < -0.4 is 5.32 Å². The Hall–Kier alpha value is -2.42. The first-order chi connectivity index (χ1) is 15.7. The summed E-state index contributed by atoms with van der Waals surface area (Å²) in [6, 6.07) is 14.7. The average Bonchev–Trinajstić information content (AvgIpc) is 2.79. The number of hydrogen-bond donors (Lipinski definition) is 1. The highest BCUT2D eigenvalue weighted by molar-refractivity contribution is 7.99. The number of sulfonamides is 1. The maximum absolute atomic E-state index is 13.1. The van der Waals surface area contributed by atoms with Gasteiger partial charge in [-0.3, -0.25) is 4.79 Å². The largest absolute Gasteiger partial charge is 0.325 e. The van der Waals surface area contributed by atoms with Crippen LogP contribution in [-0.2, 0) is 14.8 Å². The van der Waals surface area contributed by atoms with E-state index < -0.39 is 10.0 Å². The van der Waals surface area contributed by atoms with Gasteiger partial charge in [0.05, 0.1) is 21.2 Å². The van der Waals surface area contributed by atoms with Crippen LogP contribution in [-0.4, -0.2) is 42.5 Å². The van der Waals surface area contributed by atoms with E-state index in [9.17, 15) is 13.2 Å². The lowest BCUT2D eigenvalue weighted by Gasteiger charge is -2.29. The third-order valence-corrected chi connectivity index (χ3v) is 8.84. The Morgan fingerprint density at radius 3 is 2.48 bits per heavy atom. The van der Waals surface area contributed by atoms with Crippen molar-refractivity contribution >= 4 is 44.3 Å². The zero-order valence-corrected chi connectivity index (χ0v) is 20.8. The van der Waals surface area contributed by atoms with Gasteiger partial charge in [0.1, 0.15) is 0 Å². The molecule has 8 heteroatoms. The van der Waals surface area contributed by atoms with Gasteiger partial charge in [-0.15, -0.1) is 0 Å². The Kier molecular flexibility index (Phi) is 7.07. The number of carbonyl (C=O) groups is 1. The van der Waals surface area contributed by atoms with E-state index in [4.69, 9.17) is 0 Å². The van der Waals surface area contributed by atoms with Gasteiger partial charge in [0.2, 0.25) is 15.9 Å². The maximum Gasteiger partial charge on any atom is 0.243 e. The molecule has 0 saturated carbocycles. The molecule has 0 atom stereocenters. The van der Waals surface area contributed by atoms with Crippen molar-refractivity contribution in [3.8, 4) is 0 Å². The van der Waals surface area contributed by atoms with Crippen molar-refractivity contribution in [3.05, 3.63) is 59.7 Å². The second-order valence-electron chi connectivity index (χ2n) is 8.75. The molecule has 1 N–H and O–H groups in total. The van der Waals surface area contributed by atoms with Gasteiger partial charge >= 0.3 is 0 Å². The number of amides is 1. The monoisotopic (exact) mass is 483 g/mol. The molecule has 1 amide bonds. The van der Waals surface area contributed by atoms with E-state index in [1.807, 2.05) is 44.2 Å². The van der Waals surface area contributed by atoms with Gasteiger partial charge in [0, 0.05) is 24.2 Å². The molecule has 2 heterocycles. The number of carbonyl (C=O) groups excluding carboxylic acids is 1. The summed E-state index contributed by atoms with van der Waals surface area (Å²) in [5.41, 5.74) is 3.57. The fraction of sp³-hybridized carbons (Fsp3) is 0.360. The minimum Gasteiger partial charge on any atom is -0.325 e. The molecule has 6 nitrogen and oxygen atoms in total. The number of nitrogens with zero attached hydrogens (tertiary/aromatic N) is 2. The third kappa shape index (κ3) is 5.57. The Labute approximate surface area is 199 Å². The topological polar surface area (TPSA) is 79.4 Å². The number of aromatic nitrogens is 1. The molecule has 3 aromatic rings. The lowest BCUT2D eigenvalue weighted by molar-refractivity contribution is -0.113. The summed E-state index contributed by atoms with van der Waals surface area (Å²) >= 11 is 1.36. The molecular weight excluding hydrogens is 454 g/mol. The highest BCUT2D eigenvalue weighted by Gasteiger charge is 2.28. The maximum atomic E-state index is 13.1. The Morgan fingerprint density at radius 2 is 1.79 bits per heavy atom. The average molecular weight is 484 g/mol. The summed E-state index contributed by atoms with van der Waals surface area (Å²) < 4.78 is 27.8. The lowest BCUT2D eigenvalue weighted by Crippen LogP contribution is -2.37. The van der Waals surface area contributed by atoms with Crippen LogP contribution in [0.25, 0.3) is 10.9 Å². The van der Waals surface area contributed by atoms with Gasteiger partial charge in [-0.2, -0.15) is 4.31 Å². The lowest BCUT2D eigenvalue weighted by atomic mass is 10.0. The van der Waals surface area contributed by atoms with E-state index >= 15 is 0 Å². The molecule has 0 aliphatic carbocycles. The van der Waals surface area contributed by atoms with E-state index in [0.29, 0.717) is 23.9 Å². The predicted octanol–water partition coefficient (Wildman–Crippen LogP) is 5.00. The Morgan fingerprint density at radius 1 is 1.09 bits per heavy atom. The first kappa shape index (κ1) is 23.7. The van der Waals surface area contributed by atoms with Crippen molar-refractivity contribution in [1.29, 1.82) is 0 Å². The van der Waals surface area contributed by atoms with E-state index in [2.05, 4.69) is 17.2 Å². The zero-order chi connectivity index (χ0) is 23.6. The van der Waals surface area contributed by atoms with Crippen LogP contribution in [0.4, 0.5) is 5.69 Å². The van der Waals surface area contributed by atoms with Gasteiger partial charge in [0.15, 0.2) is 0 Å². The van der Waals surface area contributed by atoms with Crippen molar-refractivity contribution in [2.75, 3.05) is 24.2 Å². The normalized spacial score (nSPS) is 15.6. The van der Waals surface area contributed by atoms with Crippen molar-refractivity contribution in [3.63, 3.8) is 0 Å². The summed E-state index contributed by atoms with van der Waals surface area (Å²) in [5, 5.41) is 4.44. The minimum atomic E-state index is -3.51. The number of piperidine rings is 1. The molecule has 1 saturated heterocycles. The van der Waals surface area contributed by atoms with E-state index in [0.717, 1.165) is 45.6 Å². The Bertz CT molecular complexity index is 1270. The number of nitrogens with one attached hydrogen (secondary N) is 1. The van der Waals surface area contributed by atoms with Crippen molar-refractivity contribution in [2.24, 2.45) is 5.92 Å². The van der Waals surface area contributed by atoms with E-state index in [1.54, 1.807) is 22.5 Å². The van der Waals surface area contributed by atoms with Crippen LogP contribution in [0.3, 0.4) is 0 Å². The fourth-order valence-electron chi connectivity index (χ4n) is 3.92. The fourth-order valence-corrected chi connectivity index (χ4v) is 6.20. The van der Waals surface area contributed by atoms with Crippen LogP contribution in [0.5, 0.6) is 0 Å². The van der Waals surface area contributed by atoms with Crippen molar-refractivity contribution < 1.29 is 13.2 Å². The second kappa shape index (κ2) is 9.83. The molecule has 1 aliphatic heterocycles. The molecule has 33 heavy (non-hydrogen) atoms. The quantitative estimate of drug-likeness (QED) is 0.499. The van der Waals surface area contributed by atoms with Crippen LogP contribution in [0.1, 0.15) is 30.9 Å². The minimum absolute atomic E-state index is 0.0966. The van der Waals surface area contributed by atoms with Crippen LogP contribution in [0, 0.1) is 19.8 Å². The number of rotatable bonds is 6. The summed E-state index contributed by atoms with van der Waals surface area (Å²) in [6.45, 7) is 7.25. The first-order valence-corrected chi connectivity index (χ1v) is 13.6. The molecule has 1 aromatic heterocycles. The number of hydrogen-bond acceptors (Lipinski definition) is 5. The van der Waals surface area contributed by atoms with Crippen LogP contribution >= 0.6 is 11.8 Å². The summed E-state index contributed by atoms with van der Waals surface area (Å²) in [6.07, 6.45) is 1.79. The highest BCUT2D eigenvalue weighted by Crippen LogP contribution is 2.29. The van der Waals surface area contributed by atoms with Gasteiger partial charge in [0.25, 0.3) is 0 Å². The molecule has 174 valence electrons. The van der Waals surface area contributed by atoms with Gasteiger partial charge < -0.3 is 5.32 Å². The molecule has 2 aromatic carbocycles. The molecular formula is C25H29N3O3S2. The van der Waals surface area contributed by atoms with Crippen molar-refractivity contribution in [1.82, 2.24) is 9.29 Å². The Balaban J connectivity index is 1.47. The highest BCUT2D eigenvalue weighted by atomic mass is 32.2. The van der Waals surface area contributed by atoms with Crippen molar-refractivity contribution in [2.45, 2.75) is 43.5 Å². The number of fused-ring (bicyclic) bond motifs is 1. The molecule has 1 aliphatic rings. The SMILES string of the molecule is Cc1ccc(NC(=O)CSc2cc(C)c3cc(S(=O)(=O)N4CCC(C)CC4)ccc3n2)cc1. The predicted molar refractivity (Wildman–Crippen MR) is 134 cm³/mol. The smallest absolute Gasteiger partial charge is 0.243 e.